The van der Waals surface area contributed by atoms with Gasteiger partial charge in [0.25, 0.3) is 5.91 Å². The van der Waals surface area contributed by atoms with E-state index in [9.17, 15) is 4.79 Å². The fraction of sp³-hybridized carbons (Fsp3) is 0.286. The lowest BCUT2D eigenvalue weighted by Gasteiger charge is -2.22. The molecule has 0 aliphatic carbocycles. The van der Waals surface area contributed by atoms with Gasteiger partial charge in [0.15, 0.2) is 0 Å². The molecule has 5 nitrogen and oxygen atoms in total. The third-order valence-electron chi connectivity index (χ3n) is 4.32. The van der Waals surface area contributed by atoms with Crippen LogP contribution in [0.5, 0.6) is 0 Å². The van der Waals surface area contributed by atoms with Crippen molar-refractivity contribution in [2.24, 2.45) is 0 Å². The molecular formula is C21H21Cl2N3O2. The molecule has 0 saturated carbocycles. The number of unbranched alkanes of at least 4 members (excludes halogenated alkanes) is 1. The monoisotopic (exact) mass is 417 g/mol. The van der Waals surface area contributed by atoms with Gasteiger partial charge in [-0.3, -0.25) is 4.79 Å². The number of aromatic nitrogens is 2. The predicted octanol–water partition coefficient (Wildman–Crippen LogP) is 5.53. The molecule has 0 N–H and O–H groups in total. The van der Waals surface area contributed by atoms with Crippen LogP contribution in [0.3, 0.4) is 0 Å². The van der Waals surface area contributed by atoms with Gasteiger partial charge in [-0.1, -0.05) is 66.0 Å². The van der Waals surface area contributed by atoms with Gasteiger partial charge in [0.2, 0.25) is 11.7 Å². The first-order valence-electron chi connectivity index (χ1n) is 9.21. The van der Waals surface area contributed by atoms with E-state index in [2.05, 4.69) is 17.1 Å². The maximum Gasteiger partial charge on any atom is 0.255 e. The Bertz CT molecular complexity index is 943. The highest BCUT2D eigenvalue weighted by Crippen LogP contribution is 2.21. The Morgan fingerprint density at radius 1 is 1.11 bits per heavy atom. The fourth-order valence-electron chi connectivity index (χ4n) is 2.80. The summed E-state index contributed by atoms with van der Waals surface area (Å²) in [5.41, 5.74) is 1.29. The van der Waals surface area contributed by atoms with E-state index in [-0.39, 0.29) is 5.91 Å². The van der Waals surface area contributed by atoms with Crippen molar-refractivity contribution in [2.75, 3.05) is 13.1 Å². The summed E-state index contributed by atoms with van der Waals surface area (Å²) in [6.07, 6.45) is 2.37. The van der Waals surface area contributed by atoms with E-state index in [1.807, 2.05) is 24.3 Å². The molecular weight excluding hydrogens is 397 g/mol. The van der Waals surface area contributed by atoms with Crippen molar-refractivity contribution < 1.29 is 9.32 Å². The van der Waals surface area contributed by atoms with Crippen LogP contribution in [0.1, 0.15) is 36.0 Å². The van der Waals surface area contributed by atoms with Gasteiger partial charge in [-0.15, -0.1) is 0 Å². The number of rotatable bonds is 8. The zero-order chi connectivity index (χ0) is 19.9. The minimum Gasteiger partial charge on any atom is -0.339 e. The largest absolute Gasteiger partial charge is 0.339 e. The summed E-state index contributed by atoms with van der Waals surface area (Å²) in [6, 6.07) is 14.4. The molecule has 0 bridgehead atoms. The highest BCUT2D eigenvalue weighted by atomic mass is 35.5. The first-order chi connectivity index (χ1) is 13.6. The molecule has 0 radical (unpaired) electrons. The van der Waals surface area contributed by atoms with E-state index in [0.717, 1.165) is 18.4 Å². The standard InChI is InChI=1S/C21H21Cl2N3O2/c1-2-3-12-26(21(27)17-9-4-5-10-18(17)23)13-11-19-24-20(25-28-19)15-7-6-8-16(22)14-15/h4-10,14H,2-3,11-13H2,1H3. The number of hydrogen-bond acceptors (Lipinski definition) is 4. The van der Waals surface area contributed by atoms with Crippen LogP contribution < -0.4 is 0 Å². The number of nitrogens with zero attached hydrogens (tertiary/aromatic N) is 3. The molecule has 1 aromatic heterocycles. The van der Waals surface area contributed by atoms with Crippen molar-refractivity contribution in [1.82, 2.24) is 15.0 Å². The zero-order valence-electron chi connectivity index (χ0n) is 15.6. The van der Waals surface area contributed by atoms with Gasteiger partial charge in [-0.05, 0) is 30.7 Å². The zero-order valence-corrected chi connectivity index (χ0v) is 17.1. The average Bonchev–Trinajstić information content (AvgIpc) is 3.17. The second-order valence-electron chi connectivity index (χ2n) is 6.40. The lowest BCUT2D eigenvalue weighted by molar-refractivity contribution is 0.0752. The molecule has 7 heteroatoms. The van der Waals surface area contributed by atoms with Gasteiger partial charge in [0, 0.05) is 30.1 Å². The summed E-state index contributed by atoms with van der Waals surface area (Å²) in [7, 11) is 0. The molecule has 0 unspecified atom stereocenters. The minimum absolute atomic E-state index is 0.0892. The van der Waals surface area contributed by atoms with Crippen molar-refractivity contribution in [3.63, 3.8) is 0 Å². The number of halogens is 2. The van der Waals surface area contributed by atoms with E-state index in [4.69, 9.17) is 27.7 Å². The van der Waals surface area contributed by atoms with Gasteiger partial charge >= 0.3 is 0 Å². The van der Waals surface area contributed by atoms with Crippen LogP contribution in [-0.4, -0.2) is 34.0 Å². The molecule has 0 fully saturated rings. The Labute approximate surface area is 174 Å². The molecule has 1 heterocycles. The Balaban J connectivity index is 1.70. The van der Waals surface area contributed by atoms with Crippen LogP contribution in [0, 0.1) is 0 Å². The molecule has 0 spiro atoms. The third kappa shape index (κ3) is 5.12. The summed E-state index contributed by atoms with van der Waals surface area (Å²) in [4.78, 5) is 19.1. The molecule has 0 atom stereocenters. The number of carbonyl (C=O) groups is 1. The summed E-state index contributed by atoms with van der Waals surface area (Å²) < 4.78 is 5.35. The lowest BCUT2D eigenvalue weighted by Crippen LogP contribution is -2.34. The van der Waals surface area contributed by atoms with Crippen molar-refractivity contribution in [1.29, 1.82) is 0 Å². The number of benzene rings is 2. The first-order valence-corrected chi connectivity index (χ1v) is 9.96. The SMILES string of the molecule is CCCCN(CCc1nc(-c2cccc(Cl)c2)no1)C(=O)c1ccccc1Cl. The molecule has 0 aliphatic rings. The molecule has 2 aromatic carbocycles. The Morgan fingerprint density at radius 3 is 2.68 bits per heavy atom. The quantitative estimate of drug-likeness (QED) is 0.483. The Kier molecular flexibility index (Phi) is 7.06. The normalized spacial score (nSPS) is 10.8. The molecule has 3 rings (SSSR count). The number of hydrogen-bond donors (Lipinski definition) is 0. The van der Waals surface area contributed by atoms with Crippen LogP contribution >= 0.6 is 23.2 Å². The fourth-order valence-corrected chi connectivity index (χ4v) is 3.21. The van der Waals surface area contributed by atoms with Crippen LogP contribution in [0.2, 0.25) is 10.0 Å². The Hall–Kier alpha value is -2.37. The molecule has 1 amide bonds. The van der Waals surface area contributed by atoms with Gasteiger partial charge in [-0.25, -0.2) is 0 Å². The molecule has 0 saturated heterocycles. The Morgan fingerprint density at radius 2 is 1.93 bits per heavy atom. The summed E-state index contributed by atoms with van der Waals surface area (Å²) in [5.74, 6) is 0.868. The lowest BCUT2D eigenvalue weighted by atomic mass is 10.1. The second kappa shape index (κ2) is 9.71. The predicted molar refractivity (Wildman–Crippen MR) is 111 cm³/mol. The molecule has 0 aliphatic heterocycles. The molecule has 28 heavy (non-hydrogen) atoms. The van der Waals surface area contributed by atoms with E-state index in [0.29, 0.717) is 46.8 Å². The molecule has 146 valence electrons. The highest BCUT2D eigenvalue weighted by Gasteiger charge is 2.19. The van der Waals surface area contributed by atoms with Gasteiger partial charge < -0.3 is 9.42 Å². The highest BCUT2D eigenvalue weighted by molar-refractivity contribution is 6.33. The summed E-state index contributed by atoms with van der Waals surface area (Å²) in [5, 5.41) is 5.08. The number of carbonyl (C=O) groups excluding carboxylic acids is 1. The van der Waals surface area contributed by atoms with Crippen LogP contribution in [0.15, 0.2) is 53.1 Å². The van der Waals surface area contributed by atoms with E-state index in [1.54, 1.807) is 29.2 Å². The second-order valence-corrected chi connectivity index (χ2v) is 7.24. The van der Waals surface area contributed by atoms with Crippen molar-refractivity contribution in [2.45, 2.75) is 26.2 Å². The van der Waals surface area contributed by atoms with Crippen LogP contribution in [0.25, 0.3) is 11.4 Å². The molecule has 3 aromatic rings. The summed E-state index contributed by atoms with van der Waals surface area (Å²) in [6.45, 7) is 3.21. The van der Waals surface area contributed by atoms with Gasteiger partial charge in [0.05, 0.1) is 10.6 Å². The van der Waals surface area contributed by atoms with E-state index >= 15 is 0 Å². The smallest absolute Gasteiger partial charge is 0.255 e. The van der Waals surface area contributed by atoms with Crippen molar-refractivity contribution in [3.8, 4) is 11.4 Å². The maximum absolute atomic E-state index is 12.9. The number of amides is 1. The summed E-state index contributed by atoms with van der Waals surface area (Å²) >= 11 is 12.2. The van der Waals surface area contributed by atoms with Crippen molar-refractivity contribution in [3.05, 3.63) is 70.0 Å². The first kappa shape index (κ1) is 20.4. The topological polar surface area (TPSA) is 59.2 Å². The average molecular weight is 418 g/mol. The van der Waals surface area contributed by atoms with E-state index in [1.165, 1.54) is 0 Å². The van der Waals surface area contributed by atoms with Gasteiger partial charge in [0.1, 0.15) is 0 Å². The minimum atomic E-state index is -0.0892. The van der Waals surface area contributed by atoms with Crippen LogP contribution in [0.4, 0.5) is 0 Å². The van der Waals surface area contributed by atoms with Gasteiger partial charge in [-0.2, -0.15) is 4.98 Å². The van der Waals surface area contributed by atoms with Crippen LogP contribution in [-0.2, 0) is 6.42 Å². The van der Waals surface area contributed by atoms with E-state index < -0.39 is 0 Å². The van der Waals surface area contributed by atoms with Crippen molar-refractivity contribution >= 4 is 29.1 Å². The maximum atomic E-state index is 12.9. The third-order valence-corrected chi connectivity index (χ3v) is 4.88.